The SMILES string of the molecule is C[C@H](OC(=O)Cn1cnnn1)C(=O)Nc1ccc(Oc2ccccc2)cc1. The summed E-state index contributed by atoms with van der Waals surface area (Å²) in [5.74, 6) is 0.297. The second-order valence-electron chi connectivity index (χ2n) is 5.57. The maximum atomic E-state index is 12.2. The van der Waals surface area contributed by atoms with Gasteiger partial charge in [0.2, 0.25) is 0 Å². The third-order valence-electron chi connectivity index (χ3n) is 3.46. The molecule has 1 heterocycles. The summed E-state index contributed by atoms with van der Waals surface area (Å²) in [6, 6.07) is 16.2. The molecular formula is C18H17N5O4. The number of para-hydroxylation sites is 1. The summed E-state index contributed by atoms with van der Waals surface area (Å²) in [4.78, 5) is 23.9. The van der Waals surface area contributed by atoms with Crippen LogP contribution in [0.5, 0.6) is 11.5 Å². The van der Waals surface area contributed by atoms with E-state index in [4.69, 9.17) is 9.47 Å². The first-order valence-corrected chi connectivity index (χ1v) is 8.14. The Morgan fingerprint density at radius 2 is 1.78 bits per heavy atom. The molecule has 0 bridgehead atoms. The lowest BCUT2D eigenvalue weighted by molar-refractivity contribution is -0.153. The number of esters is 1. The number of ether oxygens (including phenoxy) is 2. The number of anilines is 1. The van der Waals surface area contributed by atoms with Gasteiger partial charge >= 0.3 is 5.97 Å². The number of nitrogens with one attached hydrogen (secondary N) is 1. The van der Waals surface area contributed by atoms with Gasteiger partial charge in [0.1, 0.15) is 24.4 Å². The molecule has 0 aliphatic carbocycles. The number of aromatic nitrogens is 4. The van der Waals surface area contributed by atoms with Crippen molar-refractivity contribution < 1.29 is 19.1 Å². The fourth-order valence-corrected chi connectivity index (χ4v) is 2.15. The predicted molar refractivity (Wildman–Crippen MR) is 95.0 cm³/mol. The Hall–Kier alpha value is -3.75. The Balaban J connectivity index is 1.50. The molecular weight excluding hydrogens is 350 g/mol. The van der Waals surface area contributed by atoms with Crippen molar-refractivity contribution in [3.05, 3.63) is 60.9 Å². The standard InChI is InChI=1S/C18H17N5O4/c1-13(26-17(24)11-23-12-19-21-22-23)18(25)20-14-7-9-16(10-8-14)27-15-5-3-2-4-6-15/h2-10,12-13H,11H2,1H3,(H,20,25)/t13-/m0/s1. The third kappa shape index (κ3) is 5.36. The van der Waals surface area contributed by atoms with Crippen molar-refractivity contribution in [3.8, 4) is 11.5 Å². The van der Waals surface area contributed by atoms with Crippen LogP contribution >= 0.6 is 0 Å². The second kappa shape index (κ2) is 8.56. The number of rotatable bonds is 7. The van der Waals surface area contributed by atoms with E-state index in [0.29, 0.717) is 11.4 Å². The maximum absolute atomic E-state index is 12.2. The lowest BCUT2D eigenvalue weighted by Gasteiger charge is -2.13. The van der Waals surface area contributed by atoms with Gasteiger partial charge in [-0.15, -0.1) is 5.10 Å². The van der Waals surface area contributed by atoms with Crippen LogP contribution in [0.15, 0.2) is 60.9 Å². The molecule has 1 N–H and O–H groups in total. The molecule has 3 rings (SSSR count). The smallest absolute Gasteiger partial charge is 0.328 e. The molecule has 0 saturated heterocycles. The summed E-state index contributed by atoms with van der Waals surface area (Å²) < 4.78 is 12.0. The van der Waals surface area contributed by atoms with E-state index in [-0.39, 0.29) is 6.54 Å². The normalized spacial score (nSPS) is 11.4. The zero-order chi connectivity index (χ0) is 19.1. The lowest BCUT2D eigenvalue weighted by Crippen LogP contribution is -2.31. The Bertz CT molecular complexity index is 882. The van der Waals surface area contributed by atoms with Crippen LogP contribution in [-0.4, -0.2) is 38.2 Å². The maximum Gasteiger partial charge on any atom is 0.328 e. The van der Waals surface area contributed by atoms with Gasteiger partial charge in [0.05, 0.1) is 0 Å². The van der Waals surface area contributed by atoms with E-state index < -0.39 is 18.0 Å². The molecule has 1 atom stereocenters. The fraction of sp³-hybridized carbons (Fsp3) is 0.167. The second-order valence-corrected chi connectivity index (χ2v) is 5.57. The average Bonchev–Trinajstić information content (AvgIpc) is 3.17. The molecule has 0 unspecified atom stereocenters. The fourth-order valence-electron chi connectivity index (χ4n) is 2.15. The van der Waals surface area contributed by atoms with Gasteiger partial charge in [-0.05, 0) is 53.7 Å². The van der Waals surface area contributed by atoms with E-state index in [1.807, 2.05) is 30.3 Å². The number of nitrogens with zero attached hydrogens (tertiary/aromatic N) is 4. The van der Waals surface area contributed by atoms with Crippen LogP contribution < -0.4 is 10.1 Å². The largest absolute Gasteiger partial charge is 0.457 e. The van der Waals surface area contributed by atoms with Gasteiger partial charge in [-0.2, -0.15) is 0 Å². The van der Waals surface area contributed by atoms with Crippen molar-refractivity contribution in [1.29, 1.82) is 0 Å². The first kappa shape index (κ1) is 18.1. The van der Waals surface area contributed by atoms with Gasteiger partial charge in [0, 0.05) is 5.69 Å². The van der Waals surface area contributed by atoms with Crippen LogP contribution in [-0.2, 0) is 20.9 Å². The van der Waals surface area contributed by atoms with E-state index in [0.717, 1.165) is 5.75 Å². The quantitative estimate of drug-likeness (QED) is 0.637. The summed E-state index contributed by atoms with van der Waals surface area (Å²) >= 11 is 0. The number of benzene rings is 2. The number of hydrogen-bond donors (Lipinski definition) is 1. The van der Waals surface area contributed by atoms with Gasteiger partial charge in [-0.1, -0.05) is 18.2 Å². The van der Waals surface area contributed by atoms with E-state index in [2.05, 4.69) is 20.8 Å². The minimum Gasteiger partial charge on any atom is -0.457 e. The molecule has 138 valence electrons. The molecule has 9 nitrogen and oxygen atoms in total. The van der Waals surface area contributed by atoms with Gasteiger partial charge in [0.25, 0.3) is 5.91 Å². The molecule has 0 aliphatic heterocycles. The number of tetrazole rings is 1. The summed E-state index contributed by atoms with van der Waals surface area (Å²) in [6.07, 6.45) is 0.319. The molecule has 0 fully saturated rings. The molecule has 0 saturated carbocycles. The van der Waals surface area contributed by atoms with Crippen molar-refractivity contribution in [1.82, 2.24) is 20.2 Å². The van der Waals surface area contributed by atoms with Gasteiger partial charge in [-0.25, -0.2) is 4.68 Å². The molecule has 27 heavy (non-hydrogen) atoms. The number of carbonyl (C=O) groups is 2. The zero-order valence-corrected chi connectivity index (χ0v) is 14.5. The van der Waals surface area contributed by atoms with Gasteiger partial charge < -0.3 is 14.8 Å². The van der Waals surface area contributed by atoms with Gasteiger partial charge in [-0.3, -0.25) is 9.59 Å². The molecule has 0 radical (unpaired) electrons. The first-order valence-electron chi connectivity index (χ1n) is 8.14. The van der Waals surface area contributed by atoms with Crippen molar-refractivity contribution >= 4 is 17.6 Å². The minimum atomic E-state index is -0.964. The van der Waals surface area contributed by atoms with Crippen molar-refractivity contribution in [3.63, 3.8) is 0 Å². The van der Waals surface area contributed by atoms with Gasteiger partial charge in [0.15, 0.2) is 6.10 Å². The number of amides is 1. The lowest BCUT2D eigenvalue weighted by atomic mass is 10.2. The molecule has 1 amide bonds. The Labute approximate surface area is 154 Å². The average molecular weight is 367 g/mol. The Morgan fingerprint density at radius 1 is 1.07 bits per heavy atom. The summed E-state index contributed by atoms with van der Waals surface area (Å²) in [7, 11) is 0. The number of carbonyl (C=O) groups excluding carboxylic acids is 2. The van der Waals surface area contributed by atoms with E-state index in [9.17, 15) is 9.59 Å². The Morgan fingerprint density at radius 3 is 2.44 bits per heavy atom. The predicted octanol–water partition coefficient (Wildman–Crippen LogP) is 2.04. The van der Waals surface area contributed by atoms with Crippen molar-refractivity contribution in [2.24, 2.45) is 0 Å². The topological polar surface area (TPSA) is 108 Å². The Kier molecular flexibility index (Phi) is 5.73. The highest BCUT2D eigenvalue weighted by molar-refractivity contribution is 5.95. The summed E-state index contributed by atoms with van der Waals surface area (Å²) in [5, 5.41) is 13.1. The van der Waals surface area contributed by atoms with Crippen LogP contribution in [0, 0.1) is 0 Å². The van der Waals surface area contributed by atoms with Crippen molar-refractivity contribution in [2.75, 3.05) is 5.32 Å². The molecule has 9 heteroatoms. The highest BCUT2D eigenvalue weighted by Crippen LogP contribution is 2.22. The van der Waals surface area contributed by atoms with Crippen LogP contribution in [0.4, 0.5) is 5.69 Å². The molecule has 3 aromatic rings. The highest BCUT2D eigenvalue weighted by Gasteiger charge is 2.18. The van der Waals surface area contributed by atoms with E-state index >= 15 is 0 Å². The molecule has 0 spiro atoms. The molecule has 2 aromatic carbocycles. The van der Waals surface area contributed by atoms with E-state index in [1.165, 1.54) is 17.9 Å². The first-order chi connectivity index (χ1) is 13.1. The van der Waals surface area contributed by atoms with Crippen LogP contribution in [0.3, 0.4) is 0 Å². The van der Waals surface area contributed by atoms with Crippen LogP contribution in [0.25, 0.3) is 0 Å². The van der Waals surface area contributed by atoms with Crippen LogP contribution in [0.1, 0.15) is 6.92 Å². The summed E-state index contributed by atoms with van der Waals surface area (Å²) in [6.45, 7) is 1.32. The molecule has 0 aliphatic rings. The van der Waals surface area contributed by atoms with Crippen LogP contribution in [0.2, 0.25) is 0 Å². The zero-order valence-electron chi connectivity index (χ0n) is 14.5. The summed E-state index contributed by atoms with van der Waals surface area (Å²) in [5.41, 5.74) is 0.559. The highest BCUT2D eigenvalue weighted by atomic mass is 16.5. The number of hydrogen-bond acceptors (Lipinski definition) is 7. The van der Waals surface area contributed by atoms with E-state index in [1.54, 1.807) is 24.3 Å². The molecule has 1 aromatic heterocycles. The third-order valence-corrected chi connectivity index (χ3v) is 3.46. The minimum absolute atomic E-state index is 0.170. The van der Waals surface area contributed by atoms with Crippen molar-refractivity contribution in [2.45, 2.75) is 19.6 Å². The monoisotopic (exact) mass is 367 g/mol.